The normalized spacial score (nSPS) is 13.6. The van der Waals surface area contributed by atoms with Gasteiger partial charge in [0.25, 0.3) is 5.91 Å². The summed E-state index contributed by atoms with van der Waals surface area (Å²) in [6.45, 7) is 4.42. The van der Waals surface area contributed by atoms with Crippen molar-refractivity contribution in [1.82, 2.24) is 9.88 Å². The molecule has 5 rings (SSSR count). The van der Waals surface area contributed by atoms with Gasteiger partial charge in [-0.25, -0.2) is 0 Å². The second-order valence-electron chi connectivity index (χ2n) is 9.45. The van der Waals surface area contributed by atoms with E-state index in [0.29, 0.717) is 5.56 Å². The summed E-state index contributed by atoms with van der Waals surface area (Å²) < 4.78 is 10.9. The minimum atomic E-state index is -0.142. The monoisotopic (exact) mass is 524 g/mol. The number of nitrogens with zero attached hydrogens (tertiary/aromatic N) is 3. The maximum absolute atomic E-state index is 12.7. The van der Waals surface area contributed by atoms with Crippen molar-refractivity contribution >= 4 is 17.3 Å². The van der Waals surface area contributed by atoms with Crippen LogP contribution in [0, 0.1) is 0 Å². The summed E-state index contributed by atoms with van der Waals surface area (Å²) in [6, 6.07) is 22.8. The van der Waals surface area contributed by atoms with Gasteiger partial charge in [0.2, 0.25) is 0 Å². The van der Waals surface area contributed by atoms with Gasteiger partial charge in [0.15, 0.2) is 0 Å². The average molecular weight is 525 g/mol. The number of anilines is 2. The fourth-order valence-electron chi connectivity index (χ4n) is 4.75. The minimum Gasteiger partial charge on any atom is -0.506 e. The van der Waals surface area contributed by atoms with E-state index in [1.165, 1.54) is 6.20 Å². The number of aromatic nitrogens is 1. The van der Waals surface area contributed by atoms with Gasteiger partial charge < -0.3 is 24.8 Å². The van der Waals surface area contributed by atoms with Gasteiger partial charge in [-0.3, -0.25) is 14.7 Å². The Hall–Kier alpha value is -4.56. The van der Waals surface area contributed by atoms with Gasteiger partial charge in [-0.05, 0) is 66.2 Å². The Kier molecular flexibility index (Phi) is 7.94. The average Bonchev–Trinajstić information content (AvgIpc) is 2.98. The second-order valence-corrected chi connectivity index (χ2v) is 9.45. The number of hydrogen-bond donors (Lipinski definition) is 2. The summed E-state index contributed by atoms with van der Waals surface area (Å²) in [6.07, 6.45) is 3.15. The number of amides is 1. The fraction of sp³-hybridized carbons (Fsp3) is 0.226. The van der Waals surface area contributed by atoms with Crippen LogP contribution >= 0.6 is 0 Å². The summed E-state index contributed by atoms with van der Waals surface area (Å²) >= 11 is 0. The molecule has 1 aliphatic rings. The molecule has 3 aromatic carbocycles. The first-order valence-corrected chi connectivity index (χ1v) is 12.9. The molecular formula is C31H32N4O4. The standard InChI is InChI=1S/C31H32N4O4/c1-38-29-11-7-26(8-12-29)33-31(37)22-5-9-27(10-6-22)35-15-13-34(14-16-35)21-24-4-3-23(18-30(24)39-2)25-17-28(36)20-32-19-25/h3-12,17-20,36H,13-16,21H2,1-2H3,(H,33,37). The molecule has 8 heteroatoms. The van der Waals surface area contributed by atoms with E-state index >= 15 is 0 Å². The van der Waals surface area contributed by atoms with Crippen molar-refractivity contribution in [1.29, 1.82) is 0 Å². The van der Waals surface area contributed by atoms with Gasteiger partial charge in [0, 0.05) is 67.0 Å². The number of nitrogens with one attached hydrogen (secondary N) is 1. The lowest BCUT2D eigenvalue weighted by Gasteiger charge is -2.36. The van der Waals surface area contributed by atoms with Crippen LogP contribution in [0.4, 0.5) is 11.4 Å². The Balaban J connectivity index is 1.16. The van der Waals surface area contributed by atoms with Crippen LogP contribution in [-0.2, 0) is 6.54 Å². The van der Waals surface area contributed by atoms with Crippen molar-refractivity contribution in [3.8, 4) is 28.4 Å². The summed E-state index contributed by atoms with van der Waals surface area (Å²) in [7, 11) is 3.30. The van der Waals surface area contributed by atoms with E-state index in [1.54, 1.807) is 26.5 Å². The molecule has 4 aromatic rings. The number of carbonyl (C=O) groups is 1. The first kappa shape index (κ1) is 26.1. The Morgan fingerprint density at radius 2 is 1.62 bits per heavy atom. The fourth-order valence-corrected chi connectivity index (χ4v) is 4.75. The number of aromatic hydroxyl groups is 1. The molecule has 39 heavy (non-hydrogen) atoms. The highest BCUT2D eigenvalue weighted by atomic mass is 16.5. The van der Waals surface area contributed by atoms with Crippen molar-refractivity contribution in [3.63, 3.8) is 0 Å². The number of carbonyl (C=O) groups excluding carboxylic acids is 1. The number of benzene rings is 3. The maximum Gasteiger partial charge on any atom is 0.255 e. The van der Waals surface area contributed by atoms with Gasteiger partial charge in [-0.15, -0.1) is 0 Å². The molecule has 8 nitrogen and oxygen atoms in total. The number of rotatable bonds is 8. The second kappa shape index (κ2) is 11.9. The lowest BCUT2D eigenvalue weighted by molar-refractivity contribution is 0.102. The van der Waals surface area contributed by atoms with E-state index < -0.39 is 0 Å². The molecule has 1 aromatic heterocycles. The molecule has 200 valence electrons. The minimum absolute atomic E-state index is 0.139. The Morgan fingerprint density at radius 3 is 2.28 bits per heavy atom. The molecule has 2 heterocycles. The third kappa shape index (κ3) is 6.30. The molecule has 1 fully saturated rings. The molecule has 2 N–H and O–H groups in total. The van der Waals surface area contributed by atoms with Crippen LogP contribution in [0.2, 0.25) is 0 Å². The van der Waals surface area contributed by atoms with E-state index in [1.807, 2.05) is 60.7 Å². The molecule has 1 aliphatic heterocycles. The van der Waals surface area contributed by atoms with Gasteiger partial charge in [0.05, 0.1) is 20.4 Å². The number of methoxy groups -OCH3 is 2. The summed E-state index contributed by atoms with van der Waals surface area (Å²) in [5, 5.41) is 12.7. The first-order chi connectivity index (χ1) is 19.0. The van der Waals surface area contributed by atoms with E-state index in [0.717, 1.165) is 72.3 Å². The number of ether oxygens (including phenoxy) is 2. The zero-order valence-corrected chi connectivity index (χ0v) is 22.1. The van der Waals surface area contributed by atoms with Crippen LogP contribution in [0.15, 0.2) is 85.2 Å². The highest BCUT2D eigenvalue weighted by Crippen LogP contribution is 2.30. The van der Waals surface area contributed by atoms with E-state index in [4.69, 9.17) is 9.47 Å². The SMILES string of the molecule is COc1ccc(NC(=O)c2ccc(N3CCN(Cc4ccc(-c5cncc(O)c5)cc4OC)CC3)cc2)cc1. The molecule has 0 unspecified atom stereocenters. The van der Waals surface area contributed by atoms with Crippen LogP contribution in [0.25, 0.3) is 11.1 Å². The quantitative estimate of drug-likeness (QED) is 0.334. The number of hydrogen-bond acceptors (Lipinski definition) is 7. The molecule has 0 atom stereocenters. The zero-order chi connectivity index (χ0) is 27.2. The predicted octanol–water partition coefficient (Wildman–Crippen LogP) is 5.05. The molecule has 0 saturated carbocycles. The zero-order valence-electron chi connectivity index (χ0n) is 22.1. The first-order valence-electron chi connectivity index (χ1n) is 12.9. The van der Waals surface area contributed by atoms with E-state index in [2.05, 4.69) is 26.2 Å². The molecule has 0 bridgehead atoms. The third-order valence-corrected chi connectivity index (χ3v) is 6.95. The molecular weight excluding hydrogens is 492 g/mol. The lowest BCUT2D eigenvalue weighted by atomic mass is 10.0. The van der Waals surface area contributed by atoms with Crippen LogP contribution in [-0.4, -0.2) is 61.3 Å². The largest absolute Gasteiger partial charge is 0.506 e. The van der Waals surface area contributed by atoms with Crippen molar-refractivity contribution in [2.45, 2.75) is 6.54 Å². The Labute approximate surface area is 228 Å². The van der Waals surface area contributed by atoms with Crippen LogP contribution in [0.3, 0.4) is 0 Å². The predicted molar refractivity (Wildman–Crippen MR) is 153 cm³/mol. The third-order valence-electron chi connectivity index (χ3n) is 6.95. The molecule has 0 spiro atoms. The molecule has 0 aliphatic carbocycles. The van der Waals surface area contributed by atoms with Crippen LogP contribution in [0.5, 0.6) is 17.2 Å². The van der Waals surface area contributed by atoms with Crippen molar-refractivity contribution in [2.75, 3.05) is 50.6 Å². The van der Waals surface area contributed by atoms with E-state index in [-0.39, 0.29) is 11.7 Å². The van der Waals surface area contributed by atoms with Crippen molar-refractivity contribution < 1.29 is 19.4 Å². The summed E-state index contributed by atoms with van der Waals surface area (Å²) in [5.74, 6) is 1.57. The highest BCUT2D eigenvalue weighted by molar-refractivity contribution is 6.04. The lowest BCUT2D eigenvalue weighted by Crippen LogP contribution is -2.46. The molecule has 0 radical (unpaired) electrons. The van der Waals surface area contributed by atoms with Crippen LogP contribution in [0.1, 0.15) is 15.9 Å². The molecule has 1 amide bonds. The van der Waals surface area contributed by atoms with Crippen molar-refractivity contribution in [2.24, 2.45) is 0 Å². The van der Waals surface area contributed by atoms with Gasteiger partial charge in [-0.2, -0.15) is 0 Å². The smallest absolute Gasteiger partial charge is 0.255 e. The van der Waals surface area contributed by atoms with E-state index in [9.17, 15) is 9.90 Å². The molecule has 1 saturated heterocycles. The van der Waals surface area contributed by atoms with Gasteiger partial charge in [-0.1, -0.05) is 12.1 Å². The number of piperazine rings is 1. The number of pyridine rings is 1. The van der Waals surface area contributed by atoms with Gasteiger partial charge in [0.1, 0.15) is 17.2 Å². The van der Waals surface area contributed by atoms with Crippen LogP contribution < -0.4 is 19.7 Å². The summed E-state index contributed by atoms with van der Waals surface area (Å²) in [4.78, 5) is 21.5. The highest BCUT2D eigenvalue weighted by Gasteiger charge is 2.19. The van der Waals surface area contributed by atoms with Crippen molar-refractivity contribution in [3.05, 3.63) is 96.3 Å². The van der Waals surface area contributed by atoms with Gasteiger partial charge >= 0.3 is 0 Å². The maximum atomic E-state index is 12.7. The topological polar surface area (TPSA) is 87.2 Å². The Morgan fingerprint density at radius 1 is 0.872 bits per heavy atom. The Bertz CT molecular complexity index is 1420. The summed E-state index contributed by atoms with van der Waals surface area (Å²) in [5.41, 5.74) is 5.36.